The Hall–Kier alpha value is -2.49. The summed E-state index contributed by atoms with van der Waals surface area (Å²) in [6.07, 6.45) is 1.73. The van der Waals surface area contributed by atoms with Crippen molar-refractivity contribution in [2.24, 2.45) is 7.05 Å². The predicted molar refractivity (Wildman–Crippen MR) is 77.1 cm³/mol. The van der Waals surface area contributed by atoms with Gasteiger partial charge in [-0.15, -0.1) is 0 Å². The molecule has 0 aliphatic carbocycles. The minimum Gasteiger partial charge on any atom is -0.318 e. The molecule has 0 fully saturated rings. The van der Waals surface area contributed by atoms with Gasteiger partial charge in [-0.1, -0.05) is 0 Å². The topological polar surface area (TPSA) is 34.9 Å². The highest BCUT2D eigenvalue weighted by Gasteiger charge is 2.11. The minimum absolute atomic E-state index is 0.102. The molecule has 0 saturated carbocycles. The molecule has 0 aliphatic rings. The molecule has 2 aromatic heterocycles. The summed E-state index contributed by atoms with van der Waals surface area (Å²) >= 11 is 0. The first-order chi connectivity index (χ1) is 9.56. The van der Waals surface area contributed by atoms with Gasteiger partial charge in [0.15, 0.2) is 0 Å². The van der Waals surface area contributed by atoms with Crippen LogP contribution in [0.15, 0.2) is 47.4 Å². The van der Waals surface area contributed by atoms with E-state index < -0.39 is 0 Å². The van der Waals surface area contributed by atoms with Gasteiger partial charge in [0.2, 0.25) is 0 Å². The third-order valence-electron chi connectivity index (χ3n) is 3.31. The van der Waals surface area contributed by atoms with E-state index in [2.05, 4.69) is 4.98 Å². The van der Waals surface area contributed by atoms with Crippen LogP contribution in [0.5, 0.6) is 0 Å². The summed E-state index contributed by atoms with van der Waals surface area (Å²) < 4.78 is 14.6. The summed E-state index contributed by atoms with van der Waals surface area (Å²) in [6.45, 7) is 1.88. The molecule has 20 heavy (non-hydrogen) atoms. The van der Waals surface area contributed by atoms with Crippen molar-refractivity contribution in [3.8, 4) is 11.3 Å². The molecular weight excluding hydrogens is 255 g/mol. The van der Waals surface area contributed by atoms with Crippen molar-refractivity contribution >= 4 is 10.8 Å². The molecule has 3 aromatic rings. The number of rotatable bonds is 1. The van der Waals surface area contributed by atoms with Gasteiger partial charge in [0, 0.05) is 24.5 Å². The van der Waals surface area contributed by atoms with Gasteiger partial charge in [0.05, 0.1) is 11.1 Å². The third-order valence-corrected chi connectivity index (χ3v) is 3.31. The van der Waals surface area contributed by atoms with Crippen LogP contribution < -0.4 is 5.56 Å². The summed E-state index contributed by atoms with van der Waals surface area (Å²) in [5, 5.41) is 1.41. The van der Waals surface area contributed by atoms with Gasteiger partial charge in [0.1, 0.15) is 5.82 Å². The van der Waals surface area contributed by atoms with Gasteiger partial charge in [-0.25, -0.2) is 4.39 Å². The van der Waals surface area contributed by atoms with E-state index in [1.165, 1.54) is 16.7 Å². The molecule has 1 aromatic carbocycles. The normalized spacial score (nSPS) is 10.9. The zero-order chi connectivity index (χ0) is 14.3. The quantitative estimate of drug-likeness (QED) is 0.680. The number of benzene rings is 1. The fourth-order valence-electron chi connectivity index (χ4n) is 2.31. The highest BCUT2D eigenvalue weighted by molar-refractivity contribution is 5.94. The summed E-state index contributed by atoms with van der Waals surface area (Å²) in [6, 6.07) is 9.80. The van der Waals surface area contributed by atoms with Crippen molar-refractivity contribution < 1.29 is 4.39 Å². The second-order valence-electron chi connectivity index (χ2n) is 4.82. The Morgan fingerprint density at radius 2 is 1.85 bits per heavy atom. The molecule has 0 amide bonds. The van der Waals surface area contributed by atoms with Crippen molar-refractivity contribution in [2.45, 2.75) is 6.92 Å². The fourth-order valence-corrected chi connectivity index (χ4v) is 2.31. The number of halogens is 1. The lowest BCUT2D eigenvalue weighted by molar-refractivity contribution is 0.628. The van der Waals surface area contributed by atoms with Crippen LogP contribution >= 0.6 is 0 Å². The minimum atomic E-state index is -0.307. The first-order valence-corrected chi connectivity index (χ1v) is 6.29. The second-order valence-corrected chi connectivity index (χ2v) is 4.82. The first-order valence-electron chi connectivity index (χ1n) is 6.29. The van der Waals surface area contributed by atoms with Gasteiger partial charge >= 0.3 is 0 Å². The molecule has 0 aliphatic heterocycles. The SMILES string of the molecule is Cc1cc2ccn(C)c(=O)c2c(-c2ccc(F)cc2)n1. The van der Waals surface area contributed by atoms with E-state index in [0.29, 0.717) is 11.1 Å². The lowest BCUT2D eigenvalue weighted by Gasteiger charge is -2.08. The van der Waals surface area contributed by atoms with Crippen LogP contribution in [0.25, 0.3) is 22.0 Å². The molecule has 0 bridgehead atoms. The highest BCUT2D eigenvalue weighted by atomic mass is 19.1. The fraction of sp³-hybridized carbons (Fsp3) is 0.125. The Kier molecular flexibility index (Phi) is 2.86. The molecule has 3 rings (SSSR count). The van der Waals surface area contributed by atoms with E-state index in [1.807, 2.05) is 19.1 Å². The molecule has 0 atom stereocenters. The Labute approximate surface area is 115 Å². The lowest BCUT2D eigenvalue weighted by atomic mass is 10.0. The van der Waals surface area contributed by atoms with Crippen LogP contribution in [0.3, 0.4) is 0 Å². The van der Waals surface area contributed by atoms with Crippen molar-refractivity contribution in [3.63, 3.8) is 0 Å². The number of nitrogens with zero attached hydrogens (tertiary/aromatic N) is 2. The second kappa shape index (κ2) is 4.56. The average molecular weight is 268 g/mol. The smallest absolute Gasteiger partial charge is 0.260 e. The van der Waals surface area contributed by atoms with E-state index in [1.54, 1.807) is 25.4 Å². The Morgan fingerprint density at radius 3 is 2.55 bits per heavy atom. The lowest BCUT2D eigenvalue weighted by Crippen LogP contribution is -2.17. The molecule has 0 radical (unpaired) electrons. The molecular formula is C16H13FN2O. The third kappa shape index (κ3) is 1.99. The zero-order valence-corrected chi connectivity index (χ0v) is 11.2. The average Bonchev–Trinajstić information content (AvgIpc) is 2.43. The van der Waals surface area contributed by atoms with Crippen molar-refractivity contribution in [1.29, 1.82) is 0 Å². The van der Waals surface area contributed by atoms with E-state index in [4.69, 9.17) is 0 Å². The largest absolute Gasteiger partial charge is 0.318 e. The maximum Gasteiger partial charge on any atom is 0.260 e. The van der Waals surface area contributed by atoms with Crippen molar-refractivity contribution in [2.75, 3.05) is 0 Å². The highest BCUT2D eigenvalue weighted by Crippen LogP contribution is 2.25. The zero-order valence-electron chi connectivity index (χ0n) is 11.2. The summed E-state index contributed by atoms with van der Waals surface area (Å²) in [4.78, 5) is 16.8. The van der Waals surface area contributed by atoms with Crippen LogP contribution in [-0.4, -0.2) is 9.55 Å². The van der Waals surface area contributed by atoms with Crippen LogP contribution in [0.2, 0.25) is 0 Å². The molecule has 4 heteroatoms. The molecule has 3 nitrogen and oxygen atoms in total. The van der Waals surface area contributed by atoms with E-state index in [-0.39, 0.29) is 11.4 Å². The number of aryl methyl sites for hydroxylation is 2. The maximum absolute atomic E-state index is 13.1. The molecule has 0 N–H and O–H groups in total. The molecule has 2 heterocycles. The van der Waals surface area contributed by atoms with Gasteiger partial charge < -0.3 is 4.57 Å². The van der Waals surface area contributed by atoms with Crippen LogP contribution in [0, 0.1) is 12.7 Å². The molecule has 0 unspecified atom stereocenters. The monoisotopic (exact) mass is 268 g/mol. The van der Waals surface area contributed by atoms with Gasteiger partial charge in [-0.3, -0.25) is 9.78 Å². The Bertz CT molecular complexity index is 851. The predicted octanol–water partition coefficient (Wildman–Crippen LogP) is 3.05. The summed E-state index contributed by atoms with van der Waals surface area (Å²) in [5.74, 6) is -0.307. The van der Waals surface area contributed by atoms with Crippen LogP contribution in [0.4, 0.5) is 4.39 Å². The van der Waals surface area contributed by atoms with Crippen LogP contribution in [0.1, 0.15) is 5.69 Å². The van der Waals surface area contributed by atoms with Gasteiger partial charge in [-0.2, -0.15) is 0 Å². The van der Waals surface area contributed by atoms with Gasteiger partial charge in [-0.05, 0) is 48.7 Å². The molecule has 0 saturated heterocycles. The van der Waals surface area contributed by atoms with E-state index in [0.717, 1.165) is 16.6 Å². The molecule has 100 valence electrons. The van der Waals surface area contributed by atoms with Crippen LogP contribution in [-0.2, 0) is 7.05 Å². The molecule has 0 spiro atoms. The standard InChI is InChI=1S/C16H13FN2O/c1-10-9-12-7-8-19(2)16(20)14(12)15(18-10)11-3-5-13(17)6-4-11/h3-9H,1-2H3. The Morgan fingerprint density at radius 1 is 1.15 bits per heavy atom. The summed E-state index contributed by atoms with van der Waals surface area (Å²) in [5.41, 5.74) is 2.06. The Balaban J connectivity index is 2.42. The van der Waals surface area contributed by atoms with Gasteiger partial charge in [0.25, 0.3) is 5.56 Å². The number of aromatic nitrogens is 2. The van der Waals surface area contributed by atoms with E-state index in [9.17, 15) is 9.18 Å². The number of fused-ring (bicyclic) bond motifs is 1. The number of hydrogen-bond acceptors (Lipinski definition) is 2. The maximum atomic E-state index is 13.1. The van der Waals surface area contributed by atoms with Crippen molar-refractivity contribution in [3.05, 3.63) is 64.5 Å². The number of pyridine rings is 2. The summed E-state index contributed by atoms with van der Waals surface area (Å²) in [7, 11) is 1.70. The number of hydrogen-bond donors (Lipinski definition) is 0. The van der Waals surface area contributed by atoms with Crippen molar-refractivity contribution in [1.82, 2.24) is 9.55 Å². The first kappa shape index (κ1) is 12.5. The van der Waals surface area contributed by atoms with E-state index >= 15 is 0 Å².